The maximum absolute atomic E-state index is 12.0. The molecule has 0 saturated carbocycles. The summed E-state index contributed by atoms with van der Waals surface area (Å²) in [6.07, 6.45) is 1.33. The molecule has 0 spiro atoms. The van der Waals surface area contributed by atoms with Crippen molar-refractivity contribution in [1.29, 1.82) is 0 Å². The highest BCUT2D eigenvalue weighted by Gasteiger charge is 2.30. The van der Waals surface area contributed by atoms with Crippen LogP contribution in [0.4, 0.5) is 0 Å². The van der Waals surface area contributed by atoms with E-state index in [1.165, 1.54) is 0 Å². The van der Waals surface area contributed by atoms with Crippen LogP contribution in [0.1, 0.15) is 12.0 Å². The van der Waals surface area contributed by atoms with E-state index in [1.807, 2.05) is 24.3 Å². The number of hydrogen-bond donors (Lipinski definition) is 2. The maximum atomic E-state index is 12.0. The Kier molecular flexibility index (Phi) is 2.73. The summed E-state index contributed by atoms with van der Waals surface area (Å²) in [6, 6.07) is 8.10. The molecule has 0 aliphatic carbocycles. The summed E-state index contributed by atoms with van der Waals surface area (Å²) < 4.78 is 5.65. The van der Waals surface area contributed by atoms with Crippen LogP contribution < -0.4 is 15.4 Å². The molecule has 2 aliphatic rings. The van der Waals surface area contributed by atoms with Gasteiger partial charge in [-0.25, -0.2) is 0 Å². The number of rotatable bonds is 2. The van der Waals surface area contributed by atoms with Gasteiger partial charge in [-0.15, -0.1) is 0 Å². The lowest BCUT2D eigenvalue weighted by Crippen LogP contribution is -2.44. The Balaban J connectivity index is 1.62. The van der Waals surface area contributed by atoms with Crippen LogP contribution in [0.25, 0.3) is 0 Å². The number of amides is 1. The van der Waals surface area contributed by atoms with Crippen molar-refractivity contribution in [2.45, 2.75) is 25.0 Å². The molecule has 2 atom stereocenters. The number of carbonyl (C=O) groups excluding carboxylic acids is 1. The topological polar surface area (TPSA) is 50.4 Å². The molecular weight excluding hydrogens is 216 g/mol. The molecular formula is C13H16N2O2. The zero-order valence-corrected chi connectivity index (χ0v) is 9.61. The van der Waals surface area contributed by atoms with E-state index in [1.54, 1.807) is 0 Å². The minimum atomic E-state index is -0.354. The standard InChI is InChI=1S/C13H16N2O2/c16-13(15-10-5-6-14-8-10)12-7-9-3-1-2-4-11(9)17-12/h1-4,10,12,14H,5-8H2,(H,15,16). The van der Waals surface area contributed by atoms with Crippen LogP contribution in [0.15, 0.2) is 24.3 Å². The fraction of sp³-hybridized carbons (Fsp3) is 0.462. The van der Waals surface area contributed by atoms with Crippen molar-refractivity contribution in [3.63, 3.8) is 0 Å². The smallest absolute Gasteiger partial charge is 0.261 e. The lowest BCUT2D eigenvalue weighted by Gasteiger charge is -2.15. The molecule has 4 nitrogen and oxygen atoms in total. The van der Waals surface area contributed by atoms with E-state index < -0.39 is 0 Å². The summed E-state index contributed by atoms with van der Waals surface area (Å²) in [6.45, 7) is 1.85. The highest BCUT2D eigenvalue weighted by molar-refractivity contribution is 5.82. The van der Waals surface area contributed by atoms with E-state index in [0.29, 0.717) is 6.42 Å². The Morgan fingerprint density at radius 2 is 2.29 bits per heavy atom. The number of benzene rings is 1. The first-order valence-electron chi connectivity index (χ1n) is 6.08. The van der Waals surface area contributed by atoms with Gasteiger partial charge in [0.15, 0.2) is 6.10 Å². The first-order chi connectivity index (χ1) is 8.33. The van der Waals surface area contributed by atoms with E-state index in [0.717, 1.165) is 30.8 Å². The Hall–Kier alpha value is -1.55. The van der Waals surface area contributed by atoms with Crippen molar-refractivity contribution in [2.75, 3.05) is 13.1 Å². The molecule has 90 valence electrons. The van der Waals surface area contributed by atoms with E-state index in [2.05, 4.69) is 10.6 Å². The lowest BCUT2D eigenvalue weighted by molar-refractivity contribution is -0.127. The van der Waals surface area contributed by atoms with Crippen LogP contribution in [0, 0.1) is 0 Å². The molecule has 1 aromatic rings. The zero-order valence-electron chi connectivity index (χ0n) is 9.61. The van der Waals surface area contributed by atoms with Gasteiger partial charge in [-0.3, -0.25) is 4.79 Å². The molecule has 4 heteroatoms. The highest BCUT2D eigenvalue weighted by Crippen LogP contribution is 2.28. The third kappa shape index (κ3) is 2.13. The molecule has 0 aromatic heterocycles. The Morgan fingerprint density at radius 3 is 3.06 bits per heavy atom. The summed E-state index contributed by atoms with van der Waals surface area (Å²) >= 11 is 0. The summed E-state index contributed by atoms with van der Waals surface area (Å²) in [4.78, 5) is 12.0. The Morgan fingerprint density at radius 1 is 1.41 bits per heavy atom. The Bertz CT molecular complexity index is 402. The number of para-hydroxylation sites is 1. The van der Waals surface area contributed by atoms with Crippen molar-refractivity contribution in [1.82, 2.24) is 10.6 Å². The van der Waals surface area contributed by atoms with Crippen LogP contribution in [-0.4, -0.2) is 31.1 Å². The summed E-state index contributed by atoms with van der Waals surface area (Å²) in [7, 11) is 0. The second-order valence-electron chi connectivity index (χ2n) is 4.62. The number of fused-ring (bicyclic) bond motifs is 1. The zero-order chi connectivity index (χ0) is 11.7. The molecule has 2 N–H and O–H groups in total. The molecule has 17 heavy (non-hydrogen) atoms. The first kappa shape index (κ1) is 10.6. The fourth-order valence-corrected chi connectivity index (χ4v) is 2.40. The van der Waals surface area contributed by atoms with Crippen molar-refractivity contribution in [3.8, 4) is 5.75 Å². The van der Waals surface area contributed by atoms with Gasteiger partial charge in [0.1, 0.15) is 5.75 Å². The molecule has 0 bridgehead atoms. The molecule has 1 amide bonds. The van der Waals surface area contributed by atoms with Gasteiger partial charge in [-0.05, 0) is 24.6 Å². The number of ether oxygens (including phenoxy) is 1. The van der Waals surface area contributed by atoms with Crippen LogP contribution in [0.2, 0.25) is 0 Å². The van der Waals surface area contributed by atoms with E-state index in [4.69, 9.17) is 4.74 Å². The van der Waals surface area contributed by atoms with Crippen molar-refractivity contribution in [2.24, 2.45) is 0 Å². The van der Waals surface area contributed by atoms with Crippen molar-refractivity contribution >= 4 is 5.91 Å². The average Bonchev–Trinajstić information content (AvgIpc) is 2.96. The third-order valence-electron chi connectivity index (χ3n) is 3.35. The first-order valence-corrected chi connectivity index (χ1v) is 6.08. The summed E-state index contributed by atoms with van der Waals surface area (Å²) in [5, 5.41) is 6.26. The largest absolute Gasteiger partial charge is 0.480 e. The minimum Gasteiger partial charge on any atom is -0.480 e. The predicted molar refractivity (Wildman–Crippen MR) is 64.0 cm³/mol. The van der Waals surface area contributed by atoms with Gasteiger partial charge in [0, 0.05) is 19.0 Å². The summed E-state index contributed by atoms with van der Waals surface area (Å²) in [5.74, 6) is 0.854. The molecule has 2 unspecified atom stereocenters. The molecule has 3 rings (SSSR count). The maximum Gasteiger partial charge on any atom is 0.261 e. The Labute approximate surface area is 100 Å². The fourth-order valence-electron chi connectivity index (χ4n) is 2.40. The predicted octanol–water partition coefficient (Wildman–Crippen LogP) is 0.468. The van der Waals surface area contributed by atoms with Crippen LogP contribution in [0.3, 0.4) is 0 Å². The van der Waals surface area contributed by atoms with Gasteiger partial charge in [-0.1, -0.05) is 18.2 Å². The van der Waals surface area contributed by atoms with Crippen molar-refractivity contribution < 1.29 is 9.53 Å². The number of nitrogens with one attached hydrogen (secondary N) is 2. The number of carbonyl (C=O) groups is 1. The quantitative estimate of drug-likeness (QED) is 0.779. The van der Waals surface area contributed by atoms with Gasteiger partial charge in [-0.2, -0.15) is 0 Å². The van der Waals surface area contributed by atoms with Gasteiger partial charge in [0.2, 0.25) is 0 Å². The molecule has 2 aliphatic heterocycles. The van der Waals surface area contributed by atoms with Crippen LogP contribution in [0.5, 0.6) is 5.75 Å². The molecule has 0 radical (unpaired) electrons. The molecule has 1 saturated heterocycles. The van der Waals surface area contributed by atoms with Gasteiger partial charge in [0.05, 0.1) is 0 Å². The summed E-state index contributed by atoms with van der Waals surface area (Å²) in [5.41, 5.74) is 1.12. The normalized spacial score (nSPS) is 26.4. The second-order valence-corrected chi connectivity index (χ2v) is 4.62. The molecule has 2 heterocycles. The van der Waals surface area contributed by atoms with Gasteiger partial charge in [0.25, 0.3) is 5.91 Å². The van der Waals surface area contributed by atoms with E-state index >= 15 is 0 Å². The SMILES string of the molecule is O=C(NC1CCNC1)C1Cc2ccccc2O1. The molecule has 1 aromatic carbocycles. The number of hydrogen-bond acceptors (Lipinski definition) is 3. The second kappa shape index (κ2) is 4.37. The molecule has 1 fully saturated rings. The van der Waals surface area contributed by atoms with E-state index in [-0.39, 0.29) is 18.1 Å². The van der Waals surface area contributed by atoms with Gasteiger partial charge < -0.3 is 15.4 Å². The average molecular weight is 232 g/mol. The van der Waals surface area contributed by atoms with Crippen LogP contribution in [-0.2, 0) is 11.2 Å². The third-order valence-corrected chi connectivity index (χ3v) is 3.35. The minimum absolute atomic E-state index is 0.00917. The van der Waals surface area contributed by atoms with Crippen LogP contribution >= 0.6 is 0 Å². The monoisotopic (exact) mass is 232 g/mol. The van der Waals surface area contributed by atoms with Gasteiger partial charge >= 0.3 is 0 Å². The lowest BCUT2D eigenvalue weighted by atomic mass is 10.1. The van der Waals surface area contributed by atoms with Crippen molar-refractivity contribution in [3.05, 3.63) is 29.8 Å². The highest BCUT2D eigenvalue weighted by atomic mass is 16.5. The van der Waals surface area contributed by atoms with E-state index in [9.17, 15) is 4.79 Å².